The van der Waals surface area contributed by atoms with Crippen LogP contribution in [-0.4, -0.2) is 20.0 Å². The monoisotopic (exact) mass is 276 g/mol. The molecule has 3 nitrogen and oxygen atoms in total. The van der Waals surface area contributed by atoms with Crippen LogP contribution < -0.4 is 9.47 Å². The molecule has 0 N–H and O–H groups in total. The number of carbonyl (C=O) groups excluding carboxylic acids is 1. The smallest absolute Gasteiger partial charge is 0.166 e. The SMILES string of the molecule is COc1cc(OC)cc(C(=O)C2CC(C)CC(C)C2)c1. The molecule has 0 saturated heterocycles. The van der Waals surface area contributed by atoms with Crippen LogP contribution in [0.3, 0.4) is 0 Å². The summed E-state index contributed by atoms with van der Waals surface area (Å²) < 4.78 is 10.5. The summed E-state index contributed by atoms with van der Waals surface area (Å²) in [6.07, 6.45) is 3.20. The van der Waals surface area contributed by atoms with Crippen LogP contribution in [-0.2, 0) is 0 Å². The van der Waals surface area contributed by atoms with E-state index in [2.05, 4.69) is 13.8 Å². The summed E-state index contributed by atoms with van der Waals surface area (Å²) in [6, 6.07) is 5.42. The zero-order valence-corrected chi connectivity index (χ0v) is 12.8. The number of ether oxygens (including phenoxy) is 2. The third-order valence-corrected chi connectivity index (χ3v) is 4.19. The largest absolute Gasteiger partial charge is 0.497 e. The molecule has 0 amide bonds. The third-order valence-electron chi connectivity index (χ3n) is 4.19. The van der Waals surface area contributed by atoms with Crippen LogP contribution in [0.15, 0.2) is 18.2 Å². The van der Waals surface area contributed by atoms with Crippen LogP contribution in [0.5, 0.6) is 11.5 Å². The van der Waals surface area contributed by atoms with Crippen LogP contribution in [0.4, 0.5) is 0 Å². The fraction of sp³-hybridized carbons (Fsp3) is 0.588. The van der Waals surface area contributed by atoms with Gasteiger partial charge >= 0.3 is 0 Å². The molecule has 0 radical (unpaired) electrons. The molecular weight excluding hydrogens is 252 g/mol. The Morgan fingerprint density at radius 3 is 1.90 bits per heavy atom. The number of Topliss-reactive ketones (excluding diaryl/α,β-unsaturated/α-hetero) is 1. The first-order valence-corrected chi connectivity index (χ1v) is 7.30. The van der Waals surface area contributed by atoms with E-state index in [1.54, 1.807) is 20.3 Å². The molecule has 3 heteroatoms. The van der Waals surface area contributed by atoms with Gasteiger partial charge in [0.1, 0.15) is 11.5 Å². The lowest BCUT2D eigenvalue weighted by atomic mass is 9.74. The fourth-order valence-electron chi connectivity index (χ4n) is 3.35. The minimum atomic E-state index is 0.130. The average Bonchev–Trinajstić information content (AvgIpc) is 2.44. The van der Waals surface area contributed by atoms with Crippen molar-refractivity contribution < 1.29 is 14.3 Å². The van der Waals surface area contributed by atoms with E-state index >= 15 is 0 Å². The van der Waals surface area contributed by atoms with E-state index in [9.17, 15) is 4.79 Å². The number of benzene rings is 1. The van der Waals surface area contributed by atoms with Gasteiger partial charge in [-0.1, -0.05) is 13.8 Å². The van der Waals surface area contributed by atoms with Crippen LogP contribution in [0.1, 0.15) is 43.5 Å². The van der Waals surface area contributed by atoms with Crippen LogP contribution in [0.25, 0.3) is 0 Å². The molecule has 0 bridgehead atoms. The summed E-state index contributed by atoms with van der Waals surface area (Å²) in [5.74, 6) is 2.95. The Morgan fingerprint density at radius 1 is 0.950 bits per heavy atom. The van der Waals surface area contributed by atoms with Crippen molar-refractivity contribution in [3.63, 3.8) is 0 Å². The predicted molar refractivity (Wildman–Crippen MR) is 79.5 cm³/mol. The highest BCUT2D eigenvalue weighted by atomic mass is 16.5. The topological polar surface area (TPSA) is 35.5 Å². The van der Waals surface area contributed by atoms with E-state index in [0.29, 0.717) is 28.9 Å². The number of carbonyl (C=O) groups is 1. The Bertz CT molecular complexity index is 449. The predicted octanol–water partition coefficient (Wildman–Crippen LogP) is 3.96. The zero-order chi connectivity index (χ0) is 14.7. The van der Waals surface area contributed by atoms with Gasteiger partial charge < -0.3 is 9.47 Å². The number of hydrogen-bond donors (Lipinski definition) is 0. The molecule has 2 rings (SSSR count). The second-order valence-electron chi connectivity index (χ2n) is 6.08. The van der Waals surface area contributed by atoms with Gasteiger partial charge in [0.2, 0.25) is 0 Å². The average molecular weight is 276 g/mol. The van der Waals surface area contributed by atoms with Gasteiger partial charge in [-0.05, 0) is 43.2 Å². The summed E-state index contributed by atoms with van der Waals surface area (Å²) in [5.41, 5.74) is 0.701. The highest BCUT2D eigenvalue weighted by Gasteiger charge is 2.29. The fourth-order valence-corrected chi connectivity index (χ4v) is 3.35. The molecule has 0 aromatic heterocycles. The minimum absolute atomic E-state index is 0.130. The van der Waals surface area contributed by atoms with Gasteiger partial charge in [-0.2, -0.15) is 0 Å². The number of ketones is 1. The van der Waals surface area contributed by atoms with E-state index in [4.69, 9.17) is 9.47 Å². The van der Waals surface area contributed by atoms with Crippen molar-refractivity contribution in [3.8, 4) is 11.5 Å². The third kappa shape index (κ3) is 3.33. The van der Waals surface area contributed by atoms with Gasteiger partial charge in [0.15, 0.2) is 5.78 Å². The summed E-state index contributed by atoms with van der Waals surface area (Å²) >= 11 is 0. The lowest BCUT2D eigenvalue weighted by molar-refractivity contribution is 0.0835. The molecular formula is C17H24O3. The molecule has 2 atom stereocenters. The van der Waals surface area contributed by atoms with Crippen molar-refractivity contribution >= 4 is 5.78 Å². The van der Waals surface area contributed by atoms with Crippen LogP contribution >= 0.6 is 0 Å². The Kier molecular flexibility index (Phi) is 4.69. The lowest BCUT2D eigenvalue weighted by Crippen LogP contribution is -2.26. The Balaban J connectivity index is 2.23. The van der Waals surface area contributed by atoms with Crippen molar-refractivity contribution in [2.45, 2.75) is 33.1 Å². The molecule has 1 aromatic rings. The van der Waals surface area contributed by atoms with Crippen LogP contribution in [0, 0.1) is 17.8 Å². The van der Waals surface area contributed by atoms with Gasteiger partial charge in [0.05, 0.1) is 14.2 Å². The molecule has 1 fully saturated rings. The minimum Gasteiger partial charge on any atom is -0.497 e. The zero-order valence-electron chi connectivity index (χ0n) is 12.8. The van der Waals surface area contributed by atoms with Crippen molar-refractivity contribution in [2.75, 3.05) is 14.2 Å². The maximum Gasteiger partial charge on any atom is 0.166 e. The van der Waals surface area contributed by atoms with Gasteiger partial charge in [-0.25, -0.2) is 0 Å². The quantitative estimate of drug-likeness (QED) is 0.781. The van der Waals surface area contributed by atoms with Gasteiger partial charge in [-0.3, -0.25) is 4.79 Å². The summed E-state index contributed by atoms with van der Waals surface area (Å²) in [5, 5.41) is 0. The molecule has 1 saturated carbocycles. The Labute approximate surface area is 121 Å². The van der Waals surface area contributed by atoms with Gasteiger partial charge in [0.25, 0.3) is 0 Å². The number of rotatable bonds is 4. The van der Waals surface area contributed by atoms with E-state index in [1.165, 1.54) is 6.42 Å². The maximum atomic E-state index is 12.7. The molecule has 2 unspecified atom stereocenters. The van der Waals surface area contributed by atoms with Gasteiger partial charge in [0, 0.05) is 17.5 Å². The highest BCUT2D eigenvalue weighted by molar-refractivity contribution is 5.98. The van der Waals surface area contributed by atoms with Crippen molar-refractivity contribution in [3.05, 3.63) is 23.8 Å². The van der Waals surface area contributed by atoms with Gasteiger partial charge in [-0.15, -0.1) is 0 Å². The molecule has 0 aliphatic heterocycles. The summed E-state index contributed by atoms with van der Waals surface area (Å²) in [7, 11) is 3.21. The first-order valence-electron chi connectivity index (χ1n) is 7.30. The van der Waals surface area contributed by atoms with Crippen molar-refractivity contribution in [2.24, 2.45) is 17.8 Å². The van der Waals surface area contributed by atoms with E-state index < -0.39 is 0 Å². The second kappa shape index (κ2) is 6.29. The second-order valence-corrected chi connectivity index (χ2v) is 6.08. The van der Waals surface area contributed by atoms with E-state index in [-0.39, 0.29) is 11.7 Å². The maximum absolute atomic E-state index is 12.7. The molecule has 0 spiro atoms. The normalized spacial score (nSPS) is 26.1. The number of hydrogen-bond acceptors (Lipinski definition) is 3. The van der Waals surface area contributed by atoms with E-state index in [0.717, 1.165) is 12.8 Å². The highest BCUT2D eigenvalue weighted by Crippen LogP contribution is 2.35. The Morgan fingerprint density at radius 2 is 1.45 bits per heavy atom. The molecule has 20 heavy (non-hydrogen) atoms. The summed E-state index contributed by atoms with van der Waals surface area (Å²) in [4.78, 5) is 12.7. The molecule has 1 aliphatic rings. The molecule has 110 valence electrons. The number of methoxy groups -OCH3 is 2. The van der Waals surface area contributed by atoms with Crippen LogP contribution in [0.2, 0.25) is 0 Å². The molecule has 1 aliphatic carbocycles. The lowest BCUT2D eigenvalue weighted by Gasteiger charge is -2.30. The summed E-state index contributed by atoms with van der Waals surface area (Å²) in [6.45, 7) is 4.48. The molecule has 0 heterocycles. The van der Waals surface area contributed by atoms with E-state index in [1.807, 2.05) is 12.1 Å². The Hall–Kier alpha value is -1.51. The van der Waals surface area contributed by atoms with Crippen molar-refractivity contribution in [1.29, 1.82) is 0 Å². The standard InChI is InChI=1S/C17H24O3/c1-11-5-12(2)7-13(6-11)17(18)14-8-15(19-3)10-16(9-14)20-4/h8-13H,5-7H2,1-4H3. The molecule has 1 aromatic carbocycles. The first kappa shape index (κ1) is 14.9. The van der Waals surface area contributed by atoms with Crippen molar-refractivity contribution in [1.82, 2.24) is 0 Å². The first-order chi connectivity index (χ1) is 9.53.